The summed E-state index contributed by atoms with van der Waals surface area (Å²) in [4.78, 5) is 24.6. The monoisotopic (exact) mass is 361 g/mol. The summed E-state index contributed by atoms with van der Waals surface area (Å²) >= 11 is 1.38. The van der Waals surface area contributed by atoms with Gasteiger partial charge in [-0.1, -0.05) is 30.3 Å². The van der Waals surface area contributed by atoms with Crippen molar-refractivity contribution in [3.05, 3.63) is 66.0 Å². The van der Waals surface area contributed by atoms with Gasteiger partial charge in [0.05, 0.1) is 0 Å². The first-order valence-electron chi connectivity index (χ1n) is 7.94. The zero-order valence-electron chi connectivity index (χ0n) is 13.9. The lowest BCUT2D eigenvalue weighted by Gasteiger charge is -2.11. The van der Waals surface area contributed by atoms with Crippen molar-refractivity contribution in [3.8, 4) is 0 Å². The zero-order chi connectivity index (χ0) is 18.1. The number of thioether (sulfide) groups is 1. The molecule has 6 heteroatoms. The molecule has 0 saturated heterocycles. The van der Waals surface area contributed by atoms with Gasteiger partial charge in [0, 0.05) is 11.4 Å². The van der Waals surface area contributed by atoms with Crippen molar-refractivity contribution in [2.24, 2.45) is 0 Å². The third-order valence-corrected chi connectivity index (χ3v) is 4.47. The number of hydrogen-bond donors (Lipinski definition) is 1. The lowest BCUT2D eigenvalue weighted by molar-refractivity contribution is -0.147. The molecular formula is C19H20FNO3S. The summed E-state index contributed by atoms with van der Waals surface area (Å²) in [5, 5.41) is 2.28. The largest absolute Gasteiger partial charge is 0.455 e. The Labute approximate surface area is 150 Å². The van der Waals surface area contributed by atoms with E-state index in [-0.39, 0.29) is 18.3 Å². The van der Waals surface area contributed by atoms with Crippen LogP contribution in [-0.2, 0) is 20.7 Å². The molecule has 0 saturated carbocycles. The number of amides is 1. The van der Waals surface area contributed by atoms with E-state index in [1.54, 1.807) is 19.1 Å². The van der Waals surface area contributed by atoms with Gasteiger partial charge in [-0.05, 0) is 43.2 Å². The average molecular weight is 361 g/mol. The maximum Gasteiger partial charge on any atom is 0.319 e. The molecule has 0 heterocycles. The molecule has 1 N–H and O–H groups in total. The molecule has 0 aliphatic heterocycles. The first kappa shape index (κ1) is 19.0. The van der Waals surface area contributed by atoms with Crippen LogP contribution in [0.15, 0.2) is 59.5 Å². The number of ether oxygens (including phenoxy) is 1. The summed E-state index contributed by atoms with van der Waals surface area (Å²) in [6, 6.07) is 15.6. The number of benzene rings is 2. The molecule has 25 heavy (non-hydrogen) atoms. The number of esters is 1. The van der Waals surface area contributed by atoms with Gasteiger partial charge >= 0.3 is 5.97 Å². The average Bonchev–Trinajstić information content (AvgIpc) is 2.62. The fraction of sp³-hybridized carbons (Fsp3) is 0.263. The van der Waals surface area contributed by atoms with Gasteiger partial charge in [-0.25, -0.2) is 4.39 Å². The second-order valence-corrected chi connectivity index (χ2v) is 6.82. The van der Waals surface area contributed by atoms with Crippen LogP contribution in [0, 0.1) is 5.82 Å². The van der Waals surface area contributed by atoms with Crippen molar-refractivity contribution in [2.75, 3.05) is 13.2 Å². The Morgan fingerprint density at radius 2 is 1.80 bits per heavy atom. The molecule has 0 aromatic heterocycles. The van der Waals surface area contributed by atoms with Crippen molar-refractivity contribution in [1.29, 1.82) is 0 Å². The van der Waals surface area contributed by atoms with Crippen molar-refractivity contribution >= 4 is 23.6 Å². The molecule has 0 unspecified atom stereocenters. The minimum Gasteiger partial charge on any atom is -0.455 e. The van der Waals surface area contributed by atoms with E-state index in [0.717, 1.165) is 10.5 Å². The van der Waals surface area contributed by atoms with Crippen molar-refractivity contribution in [1.82, 2.24) is 5.32 Å². The summed E-state index contributed by atoms with van der Waals surface area (Å²) in [5.74, 6) is -1.07. The van der Waals surface area contributed by atoms with E-state index < -0.39 is 11.2 Å². The van der Waals surface area contributed by atoms with Crippen molar-refractivity contribution in [2.45, 2.75) is 23.5 Å². The molecule has 132 valence electrons. The van der Waals surface area contributed by atoms with E-state index in [0.29, 0.717) is 13.0 Å². The highest BCUT2D eigenvalue weighted by atomic mass is 32.2. The van der Waals surface area contributed by atoms with Crippen LogP contribution in [0.25, 0.3) is 0 Å². The Morgan fingerprint density at radius 3 is 2.48 bits per heavy atom. The van der Waals surface area contributed by atoms with E-state index in [4.69, 9.17) is 4.74 Å². The van der Waals surface area contributed by atoms with Gasteiger partial charge in [0.1, 0.15) is 11.1 Å². The molecule has 4 nitrogen and oxygen atoms in total. The quantitative estimate of drug-likeness (QED) is 0.579. The van der Waals surface area contributed by atoms with Crippen LogP contribution in [0.5, 0.6) is 0 Å². The van der Waals surface area contributed by atoms with Gasteiger partial charge in [0.15, 0.2) is 6.61 Å². The van der Waals surface area contributed by atoms with Crippen LogP contribution in [0.4, 0.5) is 4.39 Å². The van der Waals surface area contributed by atoms with Crippen LogP contribution in [0.1, 0.15) is 12.5 Å². The van der Waals surface area contributed by atoms with E-state index in [2.05, 4.69) is 5.32 Å². The lowest BCUT2D eigenvalue weighted by atomic mass is 10.1. The predicted octanol–water partition coefficient (Wildman–Crippen LogP) is 3.21. The number of nitrogens with one attached hydrogen (secondary N) is 1. The fourth-order valence-electron chi connectivity index (χ4n) is 2.05. The normalized spacial score (nSPS) is 11.6. The molecular weight excluding hydrogens is 341 g/mol. The number of halogens is 1. The molecule has 2 rings (SSSR count). The summed E-state index contributed by atoms with van der Waals surface area (Å²) in [7, 11) is 0. The van der Waals surface area contributed by atoms with E-state index >= 15 is 0 Å². The summed E-state index contributed by atoms with van der Waals surface area (Å²) < 4.78 is 17.8. The Kier molecular flexibility index (Phi) is 7.47. The summed E-state index contributed by atoms with van der Waals surface area (Å²) in [6.45, 7) is 1.84. The third kappa shape index (κ3) is 6.97. The minimum atomic E-state index is -0.428. The standard InChI is InChI=1S/C19H20FNO3S/c1-14(25-17-5-3-2-4-6-17)19(23)24-13-18(22)21-12-11-15-7-9-16(20)10-8-15/h2-10,14H,11-13H2,1H3,(H,21,22)/t14-/m0/s1. The van der Waals surface area contributed by atoms with Gasteiger partial charge in [-0.2, -0.15) is 0 Å². The second kappa shape index (κ2) is 9.84. The van der Waals surface area contributed by atoms with Gasteiger partial charge in [-0.15, -0.1) is 11.8 Å². The van der Waals surface area contributed by atoms with Gasteiger partial charge in [0.25, 0.3) is 5.91 Å². The zero-order valence-corrected chi connectivity index (χ0v) is 14.7. The van der Waals surface area contributed by atoms with Gasteiger partial charge < -0.3 is 10.1 Å². The smallest absolute Gasteiger partial charge is 0.319 e. The second-order valence-electron chi connectivity index (χ2n) is 5.41. The van der Waals surface area contributed by atoms with Crippen LogP contribution in [0.2, 0.25) is 0 Å². The molecule has 1 amide bonds. The third-order valence-electron chi connectivity index (χ3n) is 3.38. The fourth-order valence-corrected chi connectivity index (χ4v) is 2.94. The lowest BCUT2D eigenvalue weighted by Crippen LogP contribution is -2.31. The van der Waals surface area contributed by atoms with Gasteiger partial charge in [0.2, 0.25) is 0 Å². The van der Waals surface area contributed by atoms with E-state index in [1.807, 2.05) is 30.3 Å². The van der Waals surface area contributed by atoms with Crippen LogP contribution in [-0.4, -0.2) is 30.3 Å². The topological polar surface area (TPSA) is 55.4 Å². The molecule has 2 aromatic carbocycles. The number of carbonyl (C=O) groups is 2. The highest BCUT2D eigenvalue weighted by Crippen LogP contribution is 2.23. The van der Waals surface area contributed by atoms with Crippen molar-refractivity contribution < 1.29 is 18.7 Å². The van der Waals surface area contributed by atoms with E-state index in [9.17, 15) is 14.0 Å². The molecule has 0 aliphatic rings. The first-order chi connectivity index (χ1) is 12.0. The maximum atomic E-state index is 12.8. The van der Waals surface area contributed by atoms with Crippen LogP contribution >= 0.6 is 11.8 Å². The van der Waals surface area contributed by atoms with Crippen LogP contribution in [0.3, 0.4) is 0 Å². The van der Waals surface area contributed by atoms with Crippen molar-refractivity contribution in [3.63, 3.8) is 0 Å². The number of rotatable bonds is 8. The highest BCUT2D eigenvalue weighted by Gasteiger charge is 2.17. The number of hydrogen-bond acceptors (Lipinski definition) is 4. The SMILES string of the molecule is C[C@H](Sc1ccccc1)C(=O)OCC(=O)NCCc1ccc(F)cc1. The molecule has 0 bridgehead atoms. The van der Waals surface area contributed by atoms with Gasteiger partial charge in [-0.3, -0.25) is 9.59 Å². The molecule has 2 aromatic rings. The predicted molar refractivity (Wildman–Crippen MR) is 95.8 cm³/mol. The number of carbonyl (C=O) groups excluding carboxylic acids is 2. The Bertz CT molecular complexity index is 692. The highest BCUT2D eigenvalue weighted by molar-refractivity contribution is 8.00. The Balaban J connectivity index is 1.65. The molecule has 0 aliphatic carbocycles. The van der Waals surface area contributed by atoms with Crippen LogP contribution < -0.4 is 5.32 Å². The summed E-state index contributed by atoms with van der Waals surface area (Å²) in [6.07, 6.45) is 0.584. The minimum absolute atomic E-state index is 0.290. The molecule has 0 fully saturated rings. The molecule has 0 spiro atoms. The first-order valence-corrected chi connectivity index (χ1v) is 8.82. The maximum absolute atomic E-state index is 12.8. The summed E-state index contributed by atoms with van der Waals surface area (Å²) in [5.41, 5.74) is 0.923. The Hall–Kier alpha value is -2.34. The molecule has 1 atom stereocenters. The molecule has 0 radical (unpaired) electrons. The Morgan fingerprint density at radius 1 is 1.12 bits per heavy atom. The van der Waals surface area contributed by atoms with E-state index in [1.165, 1.54) is 23.9 Å².